The SMILES string of the molecule is COc1ccc2c(COC(=O)c3ccc(CCNS(C)(=O)=O)cc3)cc(=O)oc2c1. The molecule has 1 aromatic heterocycles. The first-order chi connectivity index (χ1) is 14.2. The van der Waals surface area contributed by atoms with Gasteiger partial charge in [-0.1, -0.05) is 12.1 Å². The molecule has 0 aliphatic carbocycles. The van der Waals surface area contributed by atoms with Gasteiger partial charge in [-0.3, -0.25) is 0 Å². The molecule has 158 valence electrons. The second kappa shape index (κ2) is 9.10. The van der Waals surface area contributed by atoms with Crippen LogP contribution in [0.2, 0.25) is 0 Å². The van der Waals surface area contributed by atoms with Crippen LogP contribution in [0.3, 0.4) is 0 Å². The summed E-state index contributed by atoms with van der Waals surface area (Å²) in [5, 5.41) is 0.650. The summed E-state index contributed by atoms with van der Waals surface area (Å²) in [6, 6.07) is 13.0. The van der Waals surface area contributed by atoms with Crippen molar-refractivity contribution in [1.82, 2.24) is 4.72 Å². The van der Waals surface area contributed by atoms with Crippen LogP contribution >= 0.6 is 0 Å². The van der Waals surface area contributed by atoms with Gasteiger partial charge in [0.25, 0.3) is 0 Å². The molecule has 0 saturated heterocycles. The van der Waals surface area contributed by atoms with Crippen molar-refractivity contribution in [2.45, 2.75) is 13.0 Å². The Balaban J connectivity index is 1.66. The number of esters is 1. The Morgan fingerprint density at radius 1 is 1.10 bits per heavy atom. The maximum absolute atomic E-state index is 12.4. The van der Waals surface area contributed by atoms with Gasteiger partial charge in [0, 0.05) is 29.6 Å². The highest BCUT2D eigenvalue weighted by Gasteiger charge is 2.12. The fraction of sp³-hybridized carbons (Fsp3) is 0.238. The number of ether oxygens (including phenoxy) is 2. The zero-order valence-corrected chi connectivity index (χ0v) is 17.3. The smallest absolute Gasteiger partial charge is 0.338 e. The lowest BCUT2D eigenvalue weighted by atomic mass is 10.1. The third-order valence-corrected chi connectivity index (χ3v) is 5.09. The van der Waals surface area contributed by atoms with Crippen LogP contribution in [0.15, 0.2) is 57.7 Å². The predicted molar refractivity (Wildman–Crippen MR) is 111 cm³/mol. The molecular weight excluding hydrogens is 410 g/mol. The topological polar surface area (TPSA) is 112 Å². The molecule has 9 heteroatoms. The van der Waals surface area contributed by atoms with Gasteiger partial charge in [-0.25, -0.2) is 22.7 Å². The average Bonchev–Trinajstić information content (AvgIpc) is 2.70. The monoisotopic (exact) mass is 431 g/mol. The lowest BCUT2D eigenvalue weighted by Gasteiger charge is -2.09. The van der Waals surface area contributed by atoms with Gasteiger partial charge < -0.3 is 13.9 Å². The van der Waals surface area contributed by atoms with Crippen molar-refractivity contribution in [2.24, 2.45) is 0 Å². The largest absolute Gasteiger partial charge is 0.497 e. The summed E-state index contributed by atoms with van der Waals surface area (Å²) < 4.78 is 40.2. The molecule has 0 radical (unpaired) electrons. The number of benzene rings is 2. The van der Waals surface area contributed by atoms with Crippen LogP contribution in [0, 0.1) is 0 Å². The summed E-state index contributed by atoms with van der Waals surface area (Å²) in [7, 11) is -1.72. The van der Waals surface area contributed by atoms with Crippen LogP contribution in [0.25, 0.3) is 11.0 Å². The molecule has 0 aliphatic rings. The summed E-state index contributed by atoms with van der Waals surface area (Å²) >= 11 is 0. The molecule has 1 N–H and O–H groups in total. The van der Waals surface area contributed by atoms with E-state index in [0.717, 1.165) is 11.8 Å². The molecule has 0 unspecified atom stereocenters. The molecule has 0 spiro atoms. The Morgan fingerprint density at radius 2 is 1.83 bits per heavy atom. The standard InChI is InChI=1S/C21H21NO7S/c1-27-17-7-8-18-16(11-20(23)29-19(18)12-17)13-28-21(24)15-5-3-14(4-6-15)9-10-22-30(2,25)26/h3-8,11-12,22H,9-10,13H2,1-2H3. The number of carbonyl (C=O) groups is 1. The van der Waals surface area contributed by atoms with Crippen molar-refractivity contribution in [3.63, 3.8) is 0 Å². The minimum atomic E-state index is -3.23. The van der Waals surface area contributed by atoms with E-state index in [-0.39, 0.29) is 13.2 Å². The maximum atomic E-state index is 12.4. The summed E-state index contributed by atoms with van der Waals surface area (Å²) in [5.74, 6) is 0.0114. The minimum Gasteiger partial charge on any atom is -0.497 e. The van der Waals surface area contributed by atoms with Crippen LogP contribution in [0.4, 0.5) is 0 Å². The molecule has 0 fully saturated rings. The molecule has 8 nitrogen and oxygen atoms in total. The number of hydrogen-bond acceptors (Lipinski definition) is 7. The van der Waals surface area contributed by atoms with Gasteiger partial charge in [0.1, 0.15) is 17.9 Å². The van der Waals surface area contributed by atoms with Crippen LogP contribution in [-0.4, -0.2) is 34.3 Å². The van der Waals surface area contributed by atoms with Crippen LogP contribution in [-0.2, 0) is 27.8 Å². The predicted octanol–water partition coefficient (Wildman–Crippen LogP) is 2.25. The first kappa shape index (κ1) is 21.5. The molecule has 2 aromatic carbocycles. The molecule has 0 bridgehead atoms. The maximum Gasteiger partial charge on any atom is 0.338 e. The number of hydrogen-bond donors (Lipinski definition) is 1. The summed E-state index contributed by atoms with van der Waals surface area (Å²) in [5.41, 5.74) is 1.56. The van der Waals surface area contributed by atoms with E-state index in [1.165, 1.54) is 13.2 Å². The molecule has 0 saturated carbocycles. The lowest BCUT2D eigenvalue weighted by molar-refractivity contribution is 0.0474. The first-order valence-corrected chi connectivity index (χ1v) is 11.0. The second-order valence-electron chi connectivity index (χ2n) is 6.64. The quantitative estimate of drug-likeness (QED) is 0.430. The zero-order chi connectivity index (χ0) is 21.7. The van der Waals surface area contributed by atoms with Gasteiger partial charge >= 0.3 is 11.6 Å². The fourth-order valence-corrected chi connectivity index (χ4v) is 3.34. The van der Waals surface area contributed by atoms with Gasteiger partial charge in [0.15, 0.2) is 0 Å². The van der Waals surface area contributed by atoms with Crippen LogP contribution in [0.1, 0.15) is 21.5 Å². The van der Waals surface area contributed by atoms with E-state index in [9.17, 15) is 18.0 Å². The van der Waals surface area contributed by atoms with E-state index in [0.29, 0.717) is 34.3 Å². The van der Waals surface area contributed by atoms with E-state index >= 15 is 0 Å². The van der Waals surface area contributed by atoms with Crippen molar-refractivity contribution in [3.05, 3.63) is 75.6 Å². The summed E-state index contributed by atoms with van der Waals surface area (Å²) in [6.45, 7) is 0.185. The van der Waals surface area contributed by atoms with E-state index < -0.39 is 21.6 Å². The molecule has 1 heterocycles. The third kappa shape index (κ3) is 5.68. The first-order valence-electron chi connectivity index (χ1n) is 9.06. The summed E-state index contributed by atoms with van der Waals surface area (Å²) in [4.78, 5) is 24.2. The minimum absolute atomic E-state index is 0.0900. The number of fused-ring (bicyclic) bond motifs is 1. The van der Waals surface area contributed by atoms with Crippen molar-refractivity contribution in [2.75, 3.05) is 19.9 Å². The van der Waals surface area contributed by atoms with Gasteiger partial charge in [-0.15, -0.1) is 0 Å². The van der Waals surface area contributed by atoms with E-state index in [4.69, 9.17) is 13.9 Å². The Bertz CT molecular complexity index is 1210. The number of rotatable bonds is 8. The normalized spacial score (nSPS) is 11.4. The molecule has 0 amide bonds. The van der Waals surface area contributed by atoms with Gasteiger partial charge in [-0.2, -0.15) is 0 Å². The molecule has 3 rings (SSSR count). The van der Waals surface area contributed by atoms with Crippen molar-refractivity contribution < 1.29 is 27.1 Å². The average molecular weight is 431 g/mol. The van der Waals surface area contributed by atoms with Crippen molar-refractivity contribution >= 4 is 27.0 Å². The fourth-order valence-electron chi connectivity index (χ4n) is 2.87. The Kier molecular flexibility index (Phi) is 6.53. The molecule has 3 aromatic rings. The highest BCUT2D eigenvalue weighted by atomic mass is 32.2. The number of carbonyl (C=O) groups excluding carboxylic acids is 1. The summed E-state index contributed by atoms with van der Waals surface area (Å²) in [6.07, 6.45) is 1.60. The van der Waals surface area contributed by atoms with E-state index in [1.807, 2.05) is 0 Å². The Morgan fingerprint density at radius 3 is 2.50 bits per heavy atom. The lowest BCUT2D eigenvalue weighted by Crippen LogP contribution is -2.24. The highest BCUT2D eigenvalue weighted by Crippen LogP contribution is 2.23. The van der Waals surface area contributed by atoms with Crippen molar-refractivity contribution in [1.29, 1.82) is 0 Å². The van der Waals surface area contributed by atoms with E-state index in [1.54, 1.807) is 42.5 Å². The molecular formula is C21H21NO7S. The zero-order valence-electron chi connectivity index (χ0n) is 16.5. The van der Waals surface area contributed by atoms with Gasteiger partial charge in [0.2, 0.25) is 10.0 Å². The molecule has 0 aliphatic heterocycles. The van der Waals surface area contributed by atoms with Gasteiger partial charge in [0.05, 0.1) is 18.9 Å². The number of methoxy groups -OCH3 is 1. The Labute approximate surface area is 173 Å². The van der Waals surface area contributed by atoms with E-state index in [2.05, 4.69) is 4.72 Å². The van der Waals surface area contributed by atoms with Crippen molar-refractivity contribution in [3.8, 4) is 5.75 Å². The number of nitrogens with one attached hydrogen (secondary N) is 1. The van der Waals surface area contributed by atoms with Crippen LogP contribution < -0.4 is 15.1 Å². The Hall–Kier alpha value is -3.17. The molecule has 0 atom stereocenters. The van der Waals surface area contributed by atoms with Crippen LogP contribution in [0.5, 0.6) is 5.75 Å². The molecule has 30 heavy (non-hydrogen) atoms. The highest BCUT2D eigenvalue weighted by molar-refractivity contribution is 7.88. The number of sulfonamides is 1. The third-order valence-electron chi connectivity index (χ3n) is 4.36. The van der Waals surface area contributed by atoms with Gasteiger partial charge in [-0.05, 0) is 36.2 Å². The second-order valence-corrected chi connectivity index (χ2v) is 8.48.